The standard InChI is InChI=1S/C18H20N2O3S/c1-20(10-13-7-8-15-16(9-13)23-12-22-15)11-18(21)19-14-5-3-4-6-17(14)24-2/h3-9H,10-12H2,1-2H3,(H,19,21)/p+1. The van der Waals surface area contributed by atoms with Crippen molar-refractivity contribution in [2.45, 2.75) is 11.4 Å². The van der Waals surface area contributed by atoms with Gasteiger partial charge in [0.15, 0.2) is 18.0 Å². The highest BCUT2D eigenvalue weighted by atomic mass is 32.2. The van der Waals surface area contributed by atoms with E-state index in [2.05, 4.69) is 5.32 Å². The fourth-order valence-corrected chi connectivity index (χ4v) is 3.23. The Morgan fingerprint density at radius 1 is 1.21 bits per heavy atom. The molecule has 0 saturated carbocycles. The van der Waals surface area contributed by atoms with E-state index in [9.17, 15) is 4.79 Å². The van der Waals surface area contributed by atoms with Gasteiger partial charge in [-0.15, -0.1) is 11.8 Å². The third-order valence-electron chi connectivity index (χ3n) is 3.79. The van der Waals surface area contributed by atoms with Gasteiger partial charge in [0.1, 0.15) is 6.54 Å². The highest BCUT2D eigenvalue weighted by Crippen LogP contribution is 2.32. The molecule has 0 radical (unpaired) electrons. The maximum atomic E-state index is 12.3. The second-order valence-electron chi connectivity index (χ2n) is 5.75. The van der Waals surface area contributed by atoms with Crippen molar-refractivity contribution in [3.63, 3.8) is 0 Å². The van der Waals surface area contributed by atoms with Crippen LogP contribution in [0.25, 0.3) is 0 Å². The lowest BCUT2D eigenvalue weighted by atomic mass is 10.2. The van der Waals surface area contributed by atoms with E-state index < -0.39 is 0 Å². The highest BCUT2D eigenvalue weighted by Gasteiger charge is 2.16. The smallest absolute Gasteiger partial charge is 0.279 e. The zero-order chi connectivity index (χ0) is 16.9. The van der Waals surface area contributed by atoms with Crippen LogP contribution in [0, 0.1) is 0 Å². The molecule has 0 bridgehead atoms. The monoisotopic (exact) mass is 345 g/mol. The van der Waals surface area contributed by atoms with Crippen LogP contribution in [0.5, 0.6) is 11.5 Å². The first-order valence-corrected chi connectivity index (χ1v) is 9.01. The van der Waals surface area contributed by atoms with Gasteiger partial charge in [0.2, 0.25) is 6.79 Å². The summed E-state index contributed by atoms with van der Waals surface area (Å²) in [4.78, 5) is 14.5. The maximum absolute atomic E-state index is 12.3. The average Bonchev–Trinajstić information content (AvgIpc) is 3.02. The highest BCUT2D eigenvalue weighted by molar-refractivity contribution is 7.98. The van der Waals surface area contributed by atoms with Crippen LogP contribution in [-0.4, -0.2) is 32.5 Å². The van der Waals surface area contributed by atoms with E-state index in [1.165, 1.54) is 0 Å². The van der Waals surface area contributed by atoms with E-state index in [1.54, 1.807) is 11.8 Å². The fourth-order valence-electron chi connectivity index (χ4n) is 2.68. The number of likely N-dealkylation sites (N-methyl/N-ethyl adjacent to an activating group) is 1. The molecule has 0 spiro atoms. The number of para-hydroxylation sites is 1. The molecule has 2 N–H and O–H groups in total. The van der Waals surface area contributed by atoms with Gasteiger partial charge in [0.05, 0.1) is 12.7 Å². The Morgan fingerprint density at radius 3 is 2.83 bits per heavy atom. The first kappa shape index (κ1) is 16.7. The van der Waals surface area contributed by atoms with Gasteiger partial charge in [-0.25, -0.2) is 0 Å². The summed E-state index contributed by atoms with van der Waals surface area (Å²) in [5, 5.41) is 2.99. The average molecular weight is 345 g/mol. The van der Waals surface area contributed by atoms with Crippen LogP contribution in [0.2, 0.25) is 0 Å². The fraction of sp³-hybridized carbons (Fsp3) is 0.278. The number of fused-ring (bicyclic) bond motifs is 1. The molecule has 0 fully saturated rings. The molecule has 1 aliphatic rings. The van der Waals surface area contributed by atoms with Crippen LogP contribution < -0.4 is 19.7 Å². The normalized spacial score (nSPS) is 13.6. The molecule has 2 aromatic rings. The van der Waals surface area contributed by atoms with Crippen LogP contribution in [0.15, 0.2) is 47.4 Å². The number of ether oxygens (including phenoxy) is 2. The molecular formula is C18H21N2O3S+. The molecule has 0 saturated heterocycles. The number of quaternary nitrogens is 1. The van der Waals surface area contributed by atoms with E-state index in [1.807, 2.05) is 55.8 Å². The van der Waals surface area contributed by atoms with Crippen molar-refractivity contribution in [1.82, 2.24) is 0 Å². The number of amides is 1. The van der Waals surface area contributed by atoms with E-state index in [0.29, 0.717) is 6.54 Å². The predicted molar refractivity (Wildman–Crippen MR) is 94.9 cm³/mol. The summed E-state index contributed by atoms with van der Waals surface area (Å²) in [7, 11) is 2.00. The van der Waals surface area contributed by atoms with Crippen LogP contribution in [0.3, 0.4) is 0 Å². The number of carbonyl (C=O) groups excluding carboxylic acids is 1. The predicted octanol–water partition coefficient (Wildman–Crippen LogP) is 1.79. The molecule has 24 heavy (non-hydrogen) atoms. The number of benzene rings is 2. The van der Waals surface area contributed by atoms with Crippen molar-refractivity contribution in [2.75, 3.05) is 32.0 Å². The summed E-state index contributed by atoms with van der Waals surface area (Å²) >= 11 is 1.62. The van der Waals surface area contributed by atoms with Gasteiger partial charge in [-0.05, 0) is 36.6 Å². The van der Waals surface area contributed by atoms with Gasteiger partial charge in [0, 0.05) is 10.5 Å². The van der Waals surface area contributed by atoms with Gasteiger partial charge >= 0.3 is 0 Å². The first-order chi connectivity index (χ1) is 11.7. The number of hydrogen-bond acceptors (Lipinski definition) is 4. The summed E-state index contributed by atoms with van der Waals surface area (Å²) < 4.78 is 10.7. The zero-order valence-electron chi connectivity index (χ0n) is 13.8. The van der Waals surface area contributed by atoms with Crippen molar-refractivity contribution < 1.29 is 19.2 Å². The van der Waals surface area contributed by atoms with Gasteiger partial charge < -0.3 is 19.7 Å². The van der Waals surface area contributed by atoms with Gasteiger partial charge in [-0.3, -0.25) is 4.79 Å². The quantitative estimate of drug-likeness (QED) is 0.784. The Hall–Kier alpha value is -2.18. The molecule has 126 valence electrons. The minimum atomic E-state index is 0.00902. The topological polar surface area (TPSA) is 52.0 Å². The van der Waals surface area contributed by atoms with Gasteiger partial charge in [0.25, 0.3) is 5.91 Å². The third-order valence-corrected chi connectivity index (χ3v) is 4.58. The molecule has 2 aromatic carbocycles. The summed E-state index contributed by atoms with van der Waals surface area (Å²) in [6, 6.07) is 13.7. The molecule has 6 heteroatoms. The van der Waals surface area contributed by atoms with Crippen LogP contribution in [0.4, 0.5) is 5.69 Å². The second-order valence-corrected chi connectivity index (χ2v) is 6.59. The SMILES string of the molecule is CSc1ccccc1NC(=O)C[NH+](C)Cc1ccc2c(c1)OCO2. The van der Waals surface area contributed by atoms with E-state index in [-0.39, 0.29) is 12.7 Å². The Labute approximate surface area is 145 Å². The molecule has 1 atom stereocenters. The molecule has 3 rings (SSSR count). The largest absolute Gasteiger partial charge is 0.454 e. The lowest BCUT2D eigenvalue weighted by Crippen LogP contribution is -3.08. The Morgan fingerprint density at radius 2 is 2.00 bits per heavy atom. The van der Waals surface area contributed by atoms with E-state index in [0.717, 1.165) is 39.1 Å². The van der Waals surface area contributed by atoms with Crippen LogP contribution >= 0.6 is 11.8 Å². The van der Waals surface area contributed by atoms with Crippen LogP contribution in [0.1, 0.15) is 5.56 Å². The number of anilines is 1. The molecule has 1 amide bonds. The minimum absolute atomic E-state index is 0.00902. The summed E-state index contributed by atoms with van der Waals surface area (Å²) in [5.41, 5.74) is 1.99. The summed E-state index contributed by atoms with van der Waals surface area (Å²) in [6.45, 7) is 1.42. The van der Waals surface area contributed by atoms with Crippen molar-refractivity contribution in [3.8, 4) is 11.5 Å². The number of rotatable bonds is 6. The Kier molecular flexibility index (Phi) is 5.27. The molecule has 0 aliphatic carbocycles. The molecule has 5 nitrogen and oxygen atoms in total. The van der Waals surface area contributed by atoms with Gasteiger partial charge in [-0.1, -0.05) is 12.1 Å². The second kappa shape index (κ2) is 7.59. The summed E-state index contributed by atoms with van der Waals surface area (Å²) in [5.74, 6) is 1.57. The van der Waals surface area contributed by atoms with Crippen LogP contribution in [-0.2, 0) is 11.3 Å². The lowest BCUT2D eigenvalue weighted by molar-refractivity contribution is -0.885. The minimum Gasteiger partial charge on any atom is -0.454 e. The number of nitrogens with one attached hydrogen (secondary N) is 2. The number of carbonyl (C=O) groups is 1. The number of hydrogen-bond donors (Lipinski definition) is 2. The third kappa shape index (κ3) is 4.01. The van der Waals surface area contributed by atoms with Crippen molar-refractivity contribution in [2.24, 2.45) is 0 Å². The van der Waals surface area contributed by atoms with Crippen molar-refractivity contribution in [3.05, 3.63) is 48.0 Å². The maximum Gasteiger partial charge on any atom is 0.279 e. The zero-order valence-corrected chi connectivity index (χ0v) is 14.6. The summed E-state index contributed by atoms with van der Waals surface area (Å²) in [6.07, 6.45) is 2.00. The molecule has 1 heterocycles. The molecule has 0 aromatic heterocycles. The molecular weight excluding hydrogens is 324 g/mol. The number of thioether (sulfide) groups is 1. The lowest BCUT2D eigenvalue weighted by Gasteiger charge is -2.15. The van der Waals surface area contributed by atoms with Crippen molar-refractivity contribution >= 4 is 23.4 Å². The first-order valence-electron chi connectivity index (χ1n) is 7.78. The van der Waals surface area contributed by atoms with E-state index in [4.69, 9.17) is 9.47 Å². The molecule has 1 unspecified atom stereocenters. The Balaban J connectivity index is 1.56. The Bertz CT molecular complexity index is 736. The van der Waals surface area contributed by atoms with Gasteiger partial charge in [-0.2, -0.15) is 0 Å². The molecule has 1 aliphatic heterocycles. The van der Waals surface area contributed by atoms with E-state index >= 15 is 0 Å². The van der Waals surface area contributed by atoms with Crippen molar-refractivity contribution in [1.29, 1.82) is 0 Å².